The minimum absolute atomic E-state index is 0.153. The zero-order valence-corrected chi connectivity index (χ0v) is 19.2. The summed E-state index contributed by atoms with van der Waals surface area (Å²) < 4.78 is 6.63. The van der Waals surface area contributed by atoms with Gasteiger partial charge in [0.15, 0.2) is 0 Å². The first-order chi connectivity index (χ1) is 10.8. The minimum atomic E-state index is -0.720. The van der Waals surface area contributed by atoms with E-state index in [-0.39, 0.29) is 17.0 Å². The summed E-state index contributed by atoms with van der Waals surface area (Å²) >= 11 is 17.0. The maximum absolute atomic E-state index is 12.3. The Morgan fingerprint density at radius 1 is 1.00 bits per heavy atom. The molecular formula is C13H8Cl2I3NO4. The molecule has 2 rings (SSSR count). The molecule has 1 N–H and O–H groups in total. The van der Waals surface area contributed by atoms with Gasteiger partial charge >= 0.3 is 0 Å². The third-order valence-corrected chi connectivity index (χ3v) is 6.79. The van der Waals surface area contributed by atoms with E-state index in [2.05, 4.69) is 5.32 Å². The molecule has 10 heteroatoms. The van der Waals surface area contributed by atoms with Crippen molar-refractivity contribution in [3.8, 4) is 0 Å². The van der Waals surface area contributed by atoms with Gasteiger partial charge < -0.3 is 10.1 Å². The largest absolute Gasteiger partial charge is 0.368 e. The molecule has 0 aliphatic carbocycles. The molecule has 124 valence electrons. The number of rotatable bonds is 4. The summed E-state index contributed by atoms with van der Waals surface area (Å²) in [4.78, 5) is 35.7. The minimum Gasteiger partial charge on any atom is -0.368 e. The predicted octanol–water partition coefficient (Wildman–Crippen LogP) is 4.38. The Morgan fingerprint density at radius 3 is 1.91 bits per heavy atom. The van der Waals surface area contributed by atoms with E-state index in [0.29, 0.717) is 29.4 Å². The van der Waals surface area contributed by atoms with Gasteiger partial charge in [-0.2, -0.15) is 0 Å². The number of hydrogen-bond donors (Lipinski definition) is 1. The fourth-order valence-corrected chi connectivity index (χ4v) is 7.54. The van der Waals surface area contributed by atoms with Crippen molar-refractivity contribution in [1.29, 1.82) is 0 Å². The molecule has 1 aromatic carbocycles. The van der Waals surface area contributed by atoms with Crippen molar-refractivity contribution < 1.29 is 19.1 Å². The standard InChI is InChI=1S/C13H8Cl2I3NO4/c14-11(20)5-7(16)6(12(15)21)9(18)10(8(5)17)19-13(22)4-2-1-3-23-4/h4H,1-3H2,(H,19,22). The Balaban J connectivity index is 2.55. The number of anilines is 1. The van der Waals surface area contributed by atoms with Crippen LogP contribution in [0.15, 0.2) is 0 Å². The number of carbonyl (C=O) groups excluding carboxylic acids is 3. The van der Waals surface area contributed by atoms with Gasteiger partial charge in [-0.3, -0.25) is 14.4 Å². The van der Waals surface area contributed by atoms with Crippen LogP contribution in [0.5, 0.6) is 0 Å². The Hall–Kier alpha value is 0.760. The zero-order chi connectivity index (χ0) is 17.3. The Labute approximate surface area is 183 Å². The summed E-state index contributed by atoms with van der Waals surface area (Å²) in [5, 5.41) is 1.29. The fourth-order valence-electron chi connectivity index (χ4n) is 2.11. The molecular weight excluding hydrogens is 686 g/mol. The van der Waals surface area contributed by atoms with Crippen LogP contribution in [0.4, 0.5) is 5.69 Å². The summed E-state index contributed by atoms with van der Waals surface area (Å²) in [5.74, 6) is -0.319. The van der Waals surface area contributed by atoms with Crippen molar-refractivity contribution in [1.82, 2.24) is 0 Å². The van der Waals surface area contributed by atoms with Crippen LogP contribution in [-0.2, 0) is 9.53 Å². The molecule has 1 aromatic rings. The number of amides is 1. The molecule has 1 amide bonds. The lowest BCUT2D eigenvalue weighted by Gasteiger charge is -2.18. The van der Waals surface area contributed by atoms with Crippen LogP contribution in [0.25, 0.3) is 0 Å². The van der Waals surface area contributed by atoms with Gasteiger partial charge in [0, 0.05) is 10.2 Å². The van der Waals surface area contributed by atoms with Gasteiger partial charge in [0.25, 0.3) is 16.4 Å². The monoisotopic (exact) mass is 693 g/mol. The molecule has 1 saturated heterocycles. The normalized spacial score (nSPS) is 17.2. The third kappa shape index (κ3) is 4.30. The van der Waals surface area contributed by atoms with Crippen LogP contribution in [-0.4, -0.2) is 29.1 Å². The number of hydrogen-bond acceptors (Lipinski definition) is 4. The highest BCUT2D eigenvalue weighted by atomic mass is 127. The number of benzene rings is 1. The van der Waals surface area contributed by atoms with Gasteiger partial charge in [-0.25, -0.2) is 0 Å². The summed E-state index contributed by atoms with van der Waals surface area (Å²) in [6.45, 7) is 0.537. The number of carbonyl (C=O) groups is 3. The Kier molecular flexibility index (Phi) is 7.36. The van der Waals surface area contributed by atoms with Crippen molar-refractivity contribution in [3.05, 3.63) is 21.8 Å². The van der Waals surface area contributed by atoms with Crippen molar-refractivity contribution >= 4 is 113 Å². The van der Waals surface area contributed by atoms with Crippen molar-refractivity contribution in [2.75, 3.05) is 11.9 Å². The van der Waals surface area contributed by atoms with Gasteiger partial charge in [0.05, 0.1) is 24.0 Å². The maximum atomic E-state index is 12.3. The number of halogens is 5. The SMILES string of the molecule is O=C(Cl)c1c(I)c(NC(=O)C2CCCO2)c(I)c(C(=O)Cl)c1I. The van der Waals surface area contributed by atoms with Crippen molar-refractivity contribution in [3.63, 3.8) is 0 Å². The fraction of sp³-hybridized carbons (Fsp3) is 0.308. The van der Waals surface area contributed by atoms with Crippen LogP contribution in [0.2, 0.25) is 0 Å². The van der Waals surface area contributed by atoms with E-state index in [4.69, 9.17) is 27.9 Å². The van der Waals surface area contributed by atoms with E-state index in [1.54, 1.807) is 0 Å². The first-order valence-corrected chi connectivity index (χ1v) is 10.3. The molecule has 0 aromatic heterocycles. The quantitative estimate of drug-likeness (QED) is 0.376. The highest BCUT2D eigenvalue weighted by Crippen LogP contribution is 2.37. The topological polar surface area (TPSA) is 72.5 Å². The van der Waals surface area contributed by atoms with E-state index in [0.717, 1.165) is 6.42 Å². The predicted molar refractivity (Wildman–Crippen MR) is 113 cm³/mol. The van der Waals surface area contributed by atoms with Crippen molar-refractivity contribution in [2.45, 2.75) is 18.9 Å². The maximum Gasteiger partial charge on any atom is 0.254 e. The molecule has 0 radical (unpaired) electrons. The third-order valence-electron chi connectivity index (χ3n) is 3.18. The first-order valence-electron chi connectivity index (χ1n) is 6.28. The molecule has 0 saturated carbocycles. The van der Waals surface area contributed by atoms with Crippen LogP contribution >= 0.6 is 91.0 Å². The molecule has 1 atom stereocenters. The second-order valence-corrected chi connectivity index (χ2v) is 8.53. The molecule has 1 fully saturated rings. The van der Waals surface area contributed by atoms with Gasteiger partial charge in [0.1, 0.15) is 6.10 Å². The average Bonchev–Trinajstić information content (AvgIpc) is 2.96. The van der Waals surface area contributed by atoms with E-state index in [1.165, 1.54) is 0 Å². The second kappa shape index (κ2) is 8.43. The highest BCUT2D eigenvalue weighted by molar-refractivity contribution is 14.1. The molecule has 1 aliphatic heterocycles. The Bertz CT molecular complexity index is 664. The van der Waals surface area contributed by atoms with Gasteiger partial charge in [-0.05, 0) is 104 Å². The van der Waals surface area contributed by atoms with E-state index in [9.17, 15) is 14.4 Å². The smallest absolute Gasteiger partial charge is 0.254 e. The first kappa shape index (κ1) is 20.1. The molecule has 1 unspecified atom stereocenters. The molecule has 1 heterocycles. The Morgan fingerprint density at radius 2 is 1.52 bits per heavy atom. The summed E-state index contributed by atoms with van der Waals surface area (Å²) in [6.07, 6.45) is 0.910. The second-order valence-electron chi connectivity index (χ2n) is 4.61. The van der Waals surface area contributed by atoms with Crippen LogP contribution in [0.3, 0.4) is 0 Å². The van der Waals surface area contributed by atoms with Gasteiger partial charge in [-0.1, -0.05) is 0 Å². The van der Waals surface area contributed by atoms with E-state index in [1.807, 2.05) is 67.8 Å². The molecule has 1 aliphatic rings. The van der Waals surface area contributed by atoms with Gasteiger partial charge in [0.2, 0.25) is 0 Å². The zero-order valence-electron chi connectivity index (χ0n) is 11.2. The number of nitrogens with one attached hydrogen (secondary N) is 1. The van der Waals surface area contributed by atoms with Crippen molar-refractivity contribution in [2.24, 2.45) is 0 Å². The van der Waals surface area contributed by atoms with E-state index >= 15 is 0 Å². The van der Waals surface area contributed by atoms with Crippen LogP contribution in [0.1, 0.15) is 33.6 Å². The highest BCUT2D eigenvalue weighted by Gasteiger charge is 2.29. The van der Waals surface area contributed by atoms with Crippen LogP contribution in [0, 0.1) is 10.7 Å². The van der Waals surface area contributed by atoms with E-state index < -0.39 is 16.6 Å². The average molecular weight is 694 g/mol. The molecule has 5 nitrogen and oxygen atoms in total. The molecule has 0 spiro atoms. The molecule has 23 heavy (non-hydrogen) atoms. The lowest BCUT2D eigenvalue weighted by atomic mass is 10.1. The summed E-state index contributed by atoms with van der Waals surface area (Å²) in [5.41, 5.74) is 0.653. The summed E-state index contributed by atoms with van der Waals surface area (Å²) in [6, 6.07) is 0. The lowest BCUT2D eigenvalue weighted by Crippen LogP contribution is -2.28. The lowest BCUT2D eigenvalue weighted by molar-refractivity contribution is -0.124. The van der Waals surface area contributed by atoms with Gasteiger partial charge in [-0.15, -0.1) is 0 Å². The molecule has 0 bridgehead atoms. The number of ether oxygens (including phenoxy) is 1. The summed E-state index contributed by atoms with van der Waals surface area (Å²) in [7, 11) is 0. The van der Waals surface area contributed by atoms with Crippen LogP contribution < -0.4 is 5.32 Å².